The first-order chi connectivity index (χ1) is 20.4. The number of nitrogens with zero attached hydrogens (tertiary/aromatic N) is 2. The summed E-state index contributed by atoms with van der Waals surface area (Å²) in [7, 11) is 0. The van der Waals surface area contributed by atoms with Gasteiger partial charge in [-0.25, -0.2) is 10.3 Å². The van der Waals surface area contributed by atoms with Crippen molar-refractivity contribution in [1.29, 1.82) is 0 Å². The maximum atomic E-state index is 13.1. The third kappa shape index (κ3) is 6.84. The fraction of sp³-hybridized carbons (Fsp3) is 0.258. The number of hydroxylamine groups is 1. The Bertz CT molecular complexity index is 1470. The fourth-order valence-electron chi connectivity index (χ4n) is 5.02. The number of piperazine rings is 1. The molecule has 5 rings (SSSR count). The number of nitrogens with one attached hydrogen (secondary N) is 3. The molecule has 0 aromatic heterocycles. The van der Waals surface area contributed by atoms with Crippen molar-refractivity contribution in [3.05, 3.63) is 95.1 Å². The molecule has 1 saturated heterocycles. The monoisotopic (exact) mass is 571 g/mol. The van der Waals surface area contributed by atoms with Crippen molar-refractivity contribution in [3.8, 4) is 0 Å². The van der Waals surface area contributed by atoms with E-state index in [2.05, 4.69) is 25.9 Å². The van der Waals surface area contributed by atoms with Crippen molar-refractivity contribution in [3.63, 3.8) is 0 Å². The summed E-state index contributed by atoms with van der Waals surface area (Å²) in [6.07, 6.45) is 0. The number of carbonyl (C=O) groups excluding carboxylic acids is 2. The van der Waals surface area contributed by atoms with E-state index in [0.29, 0.717) is 53.5 Å². The number of hydrogen-bond donors (Lipinski definition) is 5. The standard InChI is InChI=1S/C31H33N5O6/c37-18-16-35-12-14-36(15-13-35)17-19-42-34-29(38)22-6-9-24(10-7-22)32-28(21-4-2-1-3-5-21)27-25-11-8-23(31(40)41)20-26(25)33-30(27)39/h1-11,20,32,37H,12-19H2,(H,33,39)(H,34,38)(H,40,41)/b28-27+. The molecule has 3 aromatic carbocycles. The van der Waals surface area contributed by atoms with Gasteiger partial charge in [0.2, 0.25) is 0 Å². The molecule has 218 valence electrons. The third-order valence-corrected chi connectivity index (χ3v) is 7.30. The van der Waals surface area contributed by atoms with Crippen molar-refractivity contribution < 1.29 is 29.4 Å². The molecular formula is C31H33N5O6. The Labute approximate surface area is 243 Å². The average molecular weight is 572 g/mol. The van der Waals surface area contributed by atoms with Crippen molar-refractivity contribution in [2.45, 2.75) is 0 Å². The van der Waals surface area contributed by atoms with Crippen LogP contribution in [0.15, 0.2) is 72.8 Å². The van der Waals surface area contributed by atoms with Gasteiger partial charge in [-0.3, -0.25) is 24.2 Å². The van der Waals surface area contributed by atoms with Crippen LogP contribution in [0.3, 0.4) is 0 Å². The maximum absolute atomic E-state index is 13.1. The van der Waals surface area contributed by atoms with Gasteiger partial charge in [0, 0.05) is 56.1 Å². The van der Waals surface area contributed by atoms with Crippen LogP contribution in [0.2, 0.25) is 0 Å². The molecule has 0 atom stereocenters. The predicted octanol–water partition coefficient (Wildman–Crippen LogP) is 2.59. The first-order valence-electron chi connectivity index (χ1n) is 13.8. The van der Waals surface area contributed by atoms with Gasteiger partial charge >= 0.3 is 5.97 Å². The molecule has 42 heavy (non-hydrogen) atoms. The minimum atomic E-state index is -1.08. The molecule has 2 heterocycles. The van der Waals surface area contributed by atoms with E-state index in [-0.39, 0.29) is 24.0 Å². The highest BCUT2D eigenvalue weighted by Gasteiger charge is 2.29. The summed E-state index contributed by atoms with van der Waals surface area (Å²) in [4.78, 5) is 47.0. The Morgan fingerprint density at radius 3 is 2.19 bits per heavy atom. The summed E-state index contributed by atoms with van der Waals surface area (Å²) >= 11 is 0. The van der Waals surface area contributed by atoms with Gasteiger partial charge in [0.25, 0.3) is 11.8 Å². The summed E-state index contributed by atoms with van der Waals surface area (Å²) < 4.78 is 0. The Balaban J connectivity index is 1.24. The molecule has 11 nitrogen and oxygen atoms in total. The summed E-state index contributed by atoms with van der Waals surface area (Å²) in [5.41, 5.74) is 6.37. The van der Waals surface area contributed by atoms with E-state index in [1.165, 1.54) is 12.1 Å². The zero-order chi connectivity index (χ0) is 29.5. The summed E-state index contributed by atoms with van der Waals surface area (Å²) in [5, 5.41) is 24.5. The van der Waals surface area contributed by atoms with Crippen LogP contribution in [0.1, 0.15) is 31.8 Å². The van der Waals surface area contributed by atoms with Gasteiger partial charge < -0.3 is 20.8 Å². The van der Waals surface area contributed by atoms with Crippen LogP contribution in [0, 0.1) is 0 Å². The molecule has 1 fully saturated rings. The molecule has 11 heteroatoms. The normalized spacial score (nSPS) is 16.5. The van der Waals surface area contributed by atoms with Gasteiger partial charge in [-0.2, -0.15) is 0 Å². The smallest absolute Gasteiger partial charge is 0.335 e. The van der Waals surface area contributed by atoms with Gasteiger partial charge in [0.05, 0.1) is 35.7 Å². The van der Waals surface area contributed by atoms with Gasteiger partial charge in [-0.05, 0) is 42.0 Å². The van der Waals surface area contributed by atoms with Crippen molar-refractivity contribution in [2.75, 3.05) is 63.1 Å². The predicted molar refractivity (Wildman–Crippen MR) is 159 cm³/mol. The largest absolute Gasteiger partial charge is 0.478 e. The number of aromatic carboxylic acids is 1. The molecule has 0 aliphatic carbocycles. The van der Waals surface area contributed by atoms with E-state index in [1.807, 2.05) is 30.3 Å². The average Bonchev–Trinajstić information content (AvgIpc) is 3.34. The number of aliphatic hydroxyl groups is 1. The van der Waals surface area contributed by atoms with Crippen LogP contribution in [-0.4, -0.2) is 90.3 Å². The molecule has 2 amide bonds. The van der Waals surface area contributed by atoms with Crippen LogP contribution in [0.4, 0.5) is 11.4 Å². The maximum Gasteiger partial charge on any atom is 0.335 e. The fourth-order valence-corrected chi connectivity index (χ4v) is 5.02. The summed E-state index contributed by atoms with van der Waals surface area (Å²) in [6, 6.07) is 20.7. The Hall–Kier alpha value is -4.55. The van der Waals surface area contributed by atoms with E-state index >= 15 is 0 Å². The SMILES string of the molecule is O=C1Nc2cc(C(=O)O)ccc2/C1=C(\Nc1ccc(C(=O)NOCCN2CCN(CCO)CC2)cc1)c1ccccc1. The molecule has 0 spiro atoms. The number of carboxylic acid groups (broad SMARTS) is 1. The highest BCUT2D eigenvalue weighted by molar-refractivity contribution is 6.37. The lowest BCUT2D eigenvalue weighted by molar-refractivity contribution is -0.110. The van der Waals surface area contributed by atoms with E-state index in [0.717, 1.165) is 31.7 Å². The van der Waals surface area contributed by atoms with Gasteiger partial charge in [-0.1, -0.05) is 36.4 Å². The quantitative estimate of drug-likeness (QED) is 0.133. The minimum Gasteiger partial charge on any atom is -0.478 e. The number of anilines is 2. The van der Waals surface area contributed by atoms with Gasteiger partial charge in [-0.15, -0.1) is 0 Å². The Kier molecular flexibility index (Phi) is 9.25. The number of fused-ring (bicyclic) bond motifs is 1. The number of β-amino-alcohol motifs (C(OH)–C–C–N with tert-alkyl or cyclic N) is 1. The number of rotatable bonds is 11. The molecule has 0 radical (unpaired) electrons. The molecule has 2 aliphatic heterocycles. The van der Waals surface area contributed by atoms with E-state index < -0.39 is 5.97 Å². The van der Waals surface area contributed by atoms with E-state index in [1.54, 1.807) is 30.3 Å². The highest BCUT2D eigenvalue weighted by Crippen LogP contribution is 2.38. The van der Waals surface area contributed by atoms with E-state index in [4.69, 9.17) is 9.94 Å². The lowest BCUT2D eigenvalue weighted by Gasteiger charge is -2.34. The number of hydrogen-bond acceptors (Lipinski definition) is 8. The topological polar surface area (TPSA) is 143 Å². The number of amides is 2. The first-order valence-corrected chi connectivity index (χ1v) is 13.8. The van der Waals surface area contributed by atoms with Crippen LogP contribution in [0.5, 0.6) is 0 Å². The van der Waals surface area contributed by atoms with Crippen molar-refractivity contribution in [1.82, 2.24) is 15.3 Å². The van der Waals surface area contributed by atoms with Gasteiger partial charge in [0.1, 0.15) is 0 Å². The van der Waals surface area contributed by atoms with Crippen LogP contribution < -0.4 is 16.1 Å². The second-order valence-corrected chi connectivity index (χ2v) is 10.0. The second kappa shape index (κ2) is 13.4. The van der Waals surface area contributed by atoms with Crippen molar-refractivity contribution in [2.24, 2.45) is 0 Å². The number of carboxylic acids is 1. The van der Waals surface area contributed by atoms with Crippen molar-refractivity contribution >= 4 is 40.4 Å². The molecule has 0 bridgehead atoms. The minimum absolute atomic E-state index is 0.0828. The summed E-state index contributed by atoms with van der Waals surface area (Å²) in [6.45, 7) is 5.50. The first kappa shape index (κ1) is 29.0. The lowest BCUT2D eigenvalue weighted by Crippen LogP contribution is -2.48. The molecule has 5 N–H and O–H groups in total. The van der Waals surface area contributed by atoms with Crippen LogP contribution >= 0.6 is 0 Å². The number of aliphatic hydroxyl groups excluding tert-OH is 1. The van der Waals surface area contributed by atoms with Crippen LogP contribution in [0.25, 0.3) is 11.3 Å². The summed E-state index contributed by atoms with van der Waals surface area (Å²) in [5.74, 6) is -1.79. The molecule has 0 unspecified atom stereocenters. The second-order valence-electron chi connectivity index (χ2n) is 10.0. The van der Waals surface area contributed by atoms with Gasteiger partial charge in [0.15, 0.2) is 0 Å². The third-order valence-electron chi connectivity index (χ3n) is 7.30. The molecule has 2 aliphatic rings. The number of benzene rings is 3. The highest BCUT2D eigenvalue weighted by atomic mass is 16.7. The molecule has 3 aromatic rings. The Morgan fingerprint density at radius 1 is 0.857 bits per heavy atom. The Morgan fingerprint density at radius 2 is 1.52 bits per heavy atom. The van der Waals surface area contributed by atoms with E-state index in [9.17, 15) is 19.5 Å². The number of carbonyl (C=O) groups is 3. The molecule has 0 saturated carbocycles. The lowest BCUT2D eigenvalue weighted by atomic mass is 9.99. The zero-order valence-electron chi connectivity index (χ0n) is 23.0. The molecular weight excluding hydrogens is 538 g/mol. The zero-order valence-corrected chi connectivity index (χ0v) is 23.0. The van der Waals surface area contributed by atoms with Crippen LogP contribution in [-0.2, 0) is 9.63 Å².